The van der Waals surface area contributed by atoms with Crippen LogP contribution in [0.2, 0.25) is 0 Å². The number of hydrogen-bond donors (Lipinski definition) is 2. The molecule has 0 aromatic heterocycles. The quantitative estimate of drug-likeness (QED) is 0.785. The van der Waals surface area contributed by atoms with Gasteiger partial charge >= 0.3 is 5.97 Å². The highest BCUT2D eigenvalue weighted by atomic mass is 32.2. The number of carboxylic acids is 1. The van der Waals surface area contributed by atoms with Gasteiger partial charge in [-0.2, -0.15) is 0 Å². The fourth-order valence-electron chi connectivity index (χ4n) is 2.28. The first-order valence-electron chi connectivity index (χ1n) is 6.12. The molecule has 0 heterocycles. The van der Waals surface area contributed by atoms with Crippen LogP contribution in [0.4, 0.5) is 0 Å². The van der Waals surface area contributed by atoms with Crippen LogP contribution in [0.1, 0.15) is 39.5 Å². The number of aliphatic carboxylic acids is 1. The number of hydrogen-bond acceptors (Lipinski definition) is 3. The summed E-state index contributed by atoms with van der Waals surface area (Å²) in [7, 11) is -1.01. The van der Waals surface area contributed by atoms with E-state index in [4.69, 9.17) is 5.11 Å². The molecule has 4 nitrogen and oxygen atoms in total. The fourth-order valence-corrected chi connectivity index (χ4v) is 4.03. The van der Waals surface area contributed by atoms with Crippen LogP contribution in [0.15, 0.2) is 0 Å². The van der Waals surface area contributed by atoms with Crippen LogP contribution in [-0.2, 0) is 15.6 Å². The Morgan fingerprint density at radius 1 is 1.41 bits per heavy atom. The third kappa shape index (κ3) is 4.76. The summed E-state index contributed by atoms with van der Waals surface area (Å²) in [5.74, 6) is 0.126. The molecule has 0 aromatic carbocycles. The molecular weight excluding hydrogens is 240 g/mol. The van der Waals surface area contributed by atoms with Crippen molar-refractivity contribution in [3.63, 3.8) is 0 Å². The van der Waals surface area contributed by atoms with E-state index in [-0.39, 0.29) is 11.7 Å². The molecule has 0 saturated heterocycles. The first kappa shape index (κ1) is 14.6. The lowest BCUT2D eigenvalue weighted by atomic mass is 9.80. The molecule has 1 rings (SSSR count). The molecule has 1 saturated carbocycles. The third-order valence-corrected chi connectivity index (χ3v) is 5.11. The Hall–Kier alpha value is -0.420. The van der Waals surface area contributed by atoms with Crippen molar-refractivity contribution in [1.82, 2.24) is 0 Å². The molecule has 1 aliphatic rings. The Labute approximate surface area is 105 Å². The van der Waals surface area contributed by atoms with Crippen LogP contribution >= 0.6 is 0 Å². The van der Waals surface area contributed by atoms with E-state index in [0.717, 1.165) is 0 Å². The summed E-state index contributed by atoms with van der Waals surface area (Å²) in [6, 6.07) is 0. The maximum absolute atomic E-state index is 11.8. The molecule has 0 aliphatic heterocycles. The van der Waals surface area contributed by atoms with Crippen molar-refractivity contribution in [1.29, 1.82) is 0 Å². The number of carboxylic acid groups (broad SMARTS) is 1. The number of rotatable bonds is 5. The highest BCUT2D eigenvalue weighted by molar-refractivity contribution is 7.85. The van der Waals surface area contributed by atoms with Gasteiger partial charge < -0.3 is 10.2 Å². The number of carbonyl (C=O) groups is 1. The van der Waals surface area contributed by atoms with Crippen LogP contribution in [0.3, 0.4) is 0 Å². The second-order valence-corrected chi connectivity index (χ2v) is 6.98. The summed E-state index contributed by atoms with van der Waals surface area (Å²) in [4.78, 5) is 10.8. The van der Waals surface area contributed by atoms with Crippen molar-refractivity contribution in [2.75, 3.05) is 11.5 Å². The van der Waals surface area contributed by atoms with Gasteiger partial charge in [-0.1, -0.05) is 13.8 Å². The molecule has 100 valence electrons. The lowest BCUT2D eigenvalue weighted by molar-refractivity contribution is -0.144. The molecule has 1 fully saturated rings. The predicted octanol–water partition coefficient (Wildman–Crippen LogP) is 1.40. The van der Waals surface area contributed by atoms with E-state index >= 15 is 0 Å². The van der Waals surface area contributed by atoms with E-state index in [9.17, 15) is 14.1 Å². The molecule has 0 amide bonds. The first-order chi connectivity index (χ1) is 7.82. The van der Waals surface area contributed by atoms with E-state index in [1.54, 1.807) is 0 Å². The van der Waals surface area contributed by atoms with Gasteiger partial charge in [0.1, 0.15) is 0 Å². The Balaban J connectivity index is 2.44. The Morgan fingerprint density at radius 2 is 1.94 bits per heavy atom. The molecule has 1 aliphatic carbocycles. The van der Waals surface area contributed by atoms with Gasteiger partial charge in [-0.15, -0.1) is 0 Å². The summed E-state index contributed by atoms with van der Waals surface area (Å²) >= 11 is 0. The van der Waals surface area contributed by atoms with Gasteiger partial charge in [0.05, 0.1) is 17.3 Å². The standard InChI is InChI=1S/C12H22O4S/c1-9(2)7-17(16)8-12(15)5-3-10(4-6-12)11(13)14/h9-10,15H,3-8H2,1-2H3,(H,13,14). The smallest absolute Gasteiger partial charge is 0.306 e. The van der Waals surface area contributed by atoms with Gasteiger partial charge in [-0.05, 0) is 31.6 Å². The molecule has 0 radical (unpaired) electrons. The first-order valence-corrected chi connectivity index (χ1v) is 7.61. The lowest BCUT2D eigenvalue weighted by Crippen LogP contribution is -2.41. The molecule has 1 atom stereocenters. The highest BCUT2D eigenvalue weighted by Crippen LogP contribution is 2.33. The van der Waals surface area contributed by atoms with Crippen molar-refractivity contribution in [2.45, 2.75) is 45.1 Å². The van der Waals surface area contributed by atoms with Crippen LogP contribution in [0.25, 0.3) is 0 Å². The zero-order valence-corrected chi connectivity index (χ0v) is 11.3. The minimum absolute atomic E-state index is 0.289. The van der Waals surface area contributed by atoms with Crippen molar-refractivity contribution in [3.05, 3.63) is 0 Å². The number of aliphatic hydroxyl groups is 1. The predicted molar refractivity (Wildman–Crippen MR) is 67.3 cm³/mol. The van der Waals surface area contributed by atoms with E-state index in [0.29, 0.717) is 37.4 Å². The SMILES string of the molecule is CC(C)CS(=O)CC1(O)CCC(C(=O)O)CC1. The van der Waals surface area contributed by atoms with E-state index < -0.39 is 22.4 Å². The van der Waals surface area contributed by atoms with E-state index in [2.05, 4.69) is 0 Å². The largest absolute Gasteiger partial charge is 0.481 e. The second-order valence-electron chi connectivity index (χ2n) is 5.48. The second kappa shape index (κ2) is 5.96. The van der Waals surface area contributed by atoms with Gasteiger partial charge in [-0.25, -0.2) is 0 Å². The zero-order valence-electron chi connectivity index (χ0n) is 10.5. The van der Waals surface area contributed by atoms with Crippen molar-refractivity contribution in [3.8, 4) is 0 Å². The molecule has 5 heteroatoms. The molecule has 0 bridgehead atoms. The Kier molecular flexibility index (Phi) is 5.13. The molecule has 0 spiro atoms. The van der Waals surface area contributed by atoms with Crippen molar-refractivity contribution in [2.24, 2.45) is 11.8 Å². The van der Waals surface area contributed by atoms with E-state index in [1.807, 2.05) is 13.8 Å². The lowest BCUT2D eigenvalue weighted by Gasteiger charge is -2.34. The Morgan fingerprint density at radius 3 is 2.35 bits per heavy atom. The molecular formula is C12H22O4S. The Bertz CT molecular complexity index is 293. The fraction of sp³-hybridized carbons (Fsp3) is 0.917. The van der Waals surface area contributed by atoms with Crippen LogP contribution in [0.5, 0.6) is 0 Å². The van der Waals surface area contributed by atoms with Crippen LogP contribution in [-0.4, -0.2) is 37.5 Å². The molecule has 0 aromatic rings. The van der Waals surface area contributed by atoms with Gasteiger partial charge in [0, 0.05) is 16.6 Å². The molecule has 1 unspecified atom stereocenters. The average molecular weight is 262 g/mol. The zero-order chi connectivity index (χ0) is 13.1. The summed E-state index contributed by atoms with van der Waals surface area (Å²) in [6.45, 7) is 4.01. The van der Waals surface area contributed by atoms with Crippen molar-refractivity contribution >= 4 is 16.8 Å². The molecule has 2 N–H and O–H groups in total. The summed E-state index contributed by atoms with van der Waals surface area (Å²) in [5.41, 5.74) is -0.911. The minimum atomic E-state index is -1.01. The minimum Gasteiger partial charge on any atom is -0.481 e. The van der Waals surface area contributed by atoms with Crippen LogP contribution < -0.4 is 0 Å². The average Bonchev–Trinajstić information content (AvgIpc) is 2.15. The van der Waals surface area contributed by atoms with Gasteiger partial charge in [0.15, 0.2) is 0 Å². The van der Waals surface area contributed by atoms with Crippen molar-refractivity contribution < 1.29 is 19.2 Å². The third-order valence-electron chi connectivity index (χ3n) is 3.21. The van der Waals surface area contributed by atoms with Crippen LogP contribution in [0, 0.1) is 11.8 Å². The van der Waals surface area contributed by atoms with Gasteiger partial charge in [0.25, 0.3) is 0 Å². The van der Waals surface area contributed by atoms with E-state index in [1.165, 1.54) is 0 Å². The topological polar surface area (TPSA) is 74.6 Å². The summed E-state index contributed by atoms with van der Waals surface area (Å²) < 4.78 is 11.8. The summed E-state index contributed by atoms with van der Waals surface area (Å²) in [6.07, 6.45) is 1.89. The summed E-state index contributed by atoms with van der Waals surface area (Å²) in [5, 5.41) is 19.1. The van der Waals surface area contributed by atoms with Gasteiger partial charge in [-0.3, -0.25) is 9.00 Å². The maximum Gasteiger partial charge on any atom is 0.306 e. The molecule has 17 heavy (non-hydrogen) atoms. The van der Waals surface area contributed by atoms with Gasteiger partial charge in [0.2, 0.25) is 0 Å². The maximum atomic E-state index is 11.8. The highest BCUT2D eigenvalue weighted by Gasteiger charge is 2.36. The monoisotopic (exact) mass is 262 g/mol. The normalized spacial score (nSPS) is 31.4.